The zero-order valence-corrected chi connectivity index (χ0v) is 18.3. The Hall–Kier alpha value is -3.16. The highest BCUT2D eigenvalue weighted by Crippen LogP contribution is 2.20. The number of hydrogen-bond acceptors (Lipinski definition) is 6. The summed E-state index contributed by atoms with van der Waals surface area (Å²) in [4.78, 5) is 12.3. The first-order chi connectivity index (χ1) is 14.9. The number of rotatable bonds is 9. The molecule has 6 nitrogen and oxygen atoms in total. The third-order valence-electron chi connectivity index (χ3n) is 4.76. The highest BCUT2D eigenvalue weighted by Gasteiger charge is 2.20. The van der Waals surface area contributed by atoms with Crippen molar-refractivity contribution in [3.63, 3.8) is 0 Å². The Labute approximate surface area is 183 Å². The van der Waals surface area contributed by atoms with Crippen LogP contribution < -0.4 is 9.50 Å². The Morgan fingerprint density at radius 2 is 1.55 bits per heavy atom. The van der Waals surface area contributed by atoms with E-state index in [1.807, 2.05) is 37.3 Å². The van der Waals surface area contributed by atoms with Crippen molar-refractivity contribution < 1.29 is 22.1 Å². The zero-order chi connectivity index (χ0) is 22.3. The molecule has 3 rings (SSSR count). The molecule has 0 heterocycles. The summed E-state index contributed by atoms with van der Waals surface area (Å²) in [6.07, 6.45) is 0.393. The van der Waals surface area contributed by atoms with Crippen LogP contribution in [0.1, 0.15) is 16.7 Å². The van der Waals surface area contributed by atoms with Gasteiger partial charge in [0.1, 0.15) is 16.7 Å². The lowest BCUT2D eigenvalue weighted by Crippen LogP contribution is -2.39. The molecule has 0 amide bonds. The largest absolute Gasteiger partial charge is 0.468 e. The molecule has 0 aliphatic carbocycles. The van der Waals surface area contributed by atoms with Crippen LogP contribution in [0, 0.1) is 6.92 Å². The number of esters is 1. The van der Waals surface area contributed by atoms with Gasteiger partial charge in [-0.25, -0.2) is 0 Å². The summed E-state index contributed by atoms with van der Waals surface area (Å²) in [7, 11) is -2.56. The minimum Gasteiger partial charge on any atom is -0.468 e. The Morgan fingerprint density at radius 3 is 2.16 bits per heavy atom. The predicted molar refractivity (Wildman–Crippen MR) is 118 cm³/mol. The first-order valence-electron chi connectivity index (χ1n) is 9.82. The molecule has 0 saturated heterocycles. The van der Waals surface area contributed by atoms with Crippen LogP contribution in [0.3, 0.4) is 0 Å². The van der Waals surface area contributed by atoms with Crippen molar-refractivity contribution in [3.05, 3.63) is 95.6 Å². The van der Waals surface area contributed by atoms with Crippen molar-refractivity contribution >= 4 is 16.1 Å². The van der Waals surface area contributed by atoms with Crippen LogP contribution in [-0.4, -0.2) is 27.5 Å². The van der Waals surface area contributed by atoms with Gasteiger partial charge in [-0.15, -0.1) is 0 Å². The molecule has 0 radical (unpaired) electrons. The maximum absolute atomic E-state index is 12.4. The van der Waals surface area contributed by atoms with E-state index in [-0.39, 0.29) is 16.6 Å². The number of benzene rings is 3. The summed E-state index contributed by atoms with van der Waals surface area (Å²) in [6, 6.07) is 22.3. The fourth-order valence-corrected chi connectivity index (χ4v) is 3.94. The minimum atomic E-state index is -3.91. The van der Waals surface area contributed by atoms with Crippen molar-refractivity contribution in [2.45, 2.75) is 30.8 Å². The predicted octanol–water partition coefficient (Wildman–Crippen LogP) is 3.64. The van der Waals surface area contributed by atoms with Crippen molar-refractivity contribution in [1.82, 2.24) is 5.32 Å². The standard InChI is InChI=1S/C24H25NO5S/c1-18-8-14-22(15-9-18)31(27,28)30-21-12-10-19(11-13-21)16-23(24(26)29-2)25-17-20-6-4-3-5-7-20/h3-15,23,25H,16-17H2,1-2H3. The summed E-state index contributed by atoms with van der Waals surface area (Å²) in [5, 5.41) is 3.21. The van der Waals surface area contributed by atoms with Gasteiger partial charge in [-0.3, -0.25) is 4.79 Å². The highest BCUT2D eigenvalue weighted by molar-refractivity contribution is 7.87. The molecule has 1 atom stereocenters. The van der Waals surface area contributed by atoms with Crippen LogP contribution in [0.25, 0.3) is 0 Å². The molecular weight excluding hydrogens is 414 g/mol. The fourth-order valence-electron chi connectivity index (χ4n) is 3.01. The average Bonchev–Trinajstić information content (AvgIpc) is 2.78. The van der Waals surface area contributed by atoms with Gasteiger partial charge in [-0.05, 0) is 48.7 Å². The number of hydrogen-bond donors (Lipinski definition) is 1. The van der Waals surface area contributed by atoms with E-state index < -0.39 is 16.2 Å². The first kappa shape index (κ1) is 22.5. The molecule has 0 aromatic heterocycles. The molecule has 3 aromatic carbocycles. The lowest BCUT2D eigenvalue weighted by atomic mass is 10.1. The molecule has 0 saturated carbocycles. The molecule has 0 aliphatic heterocycles. The maximum Gasteiger partial charge on any atom is 0.339 e. The van der Waals surface area contributed by atoms with Gasteiger partial charge in [-0.1, -0.05) is 60.2 Å². The SMILES string of the molecule is COC(=O)C(Cc1ccc(OS(=O)(=O)c2ccc(C)cc2)cc1)NCc1ccccc1. The smallest absolute Gasteiger partial charge is 0.339 e. The Kier molecular flexibility index (Phi) is 7.44. The van der Waals surface area contributed by atoms with Crippen LogP contribution in [-0.2, 0) is 32.6 Å². The van der Waals surface area contributed by atoms with Crippen molar-refractivity contribution in [3.8, 4) is 5.75 Å². The topological polar surface area (TPSA) is 81.7 Å². The van der Waals surface area contributed by atoms with E-state index in [1.54, 1.807) is 36.4 Å². The molecule has 0 spiro atoms. The van der Waals surface area contributed by atoms with Crippen LogP contribution in [0.15, 0.2) is 83.8 Å². The summed E-state index contributed by atoms with van der Waals surface area (Å²) in [5.74, 6) is -0.158. The van der Waals surface area contributed by atoms with E-state index in [9.17, 15) is 13.2 Å². The third kappa shape index (κ3) is 6.41. The monoisotopic (exact) mass is 439 g/mol. The van der Waals surface area contributed by atoms with Crippen LogP contribution in [0.4, 0.5) is 0 Å². The third-order valence-corrected chi connectivity index (χ3v) is 6.02. The number of carbonyl (C=O) groups excluding carboxylic acids is 1. The van der Waals surface area contributed by atoms with E-state index in [0.717, 1.165) is 16.7 Å². The van der Waals surface area contributed by atoms with E-state index in [4.69, 9.17) is 8.92 Å². The van der Waals surface area contributed by atoms with E-state index >= 15 is 0 Å². The molecule has 31 heavy (non-hydrogen) atoms. The Bertz CT molecular complexity index is 1090. The molecule has 7 heteroatoms. The summed E-state index contributed by atoms with van der Waals surface area (Å²) < 4.78 is 35.0. The maximum atomic E-state index is 12.4. The average molecular weight is 440 g/mol. The van der Waals surface area contributed by atoms with Crippen molar-refractivity contribution in [1.29, 1.82) is 0 Å². The normalized spacial score (nSPS) is 12.2. The zero-order valence-electron chi connectivity index (χ0n) is 17.4. The molecule has 1 N–H and O–H groups in total. The number of methoxy groups -OCH3 is 1. The molecular formula is C24H25NO5S. The van der Waals surface area contributed by atoms with Gasteiger partial charge in [0.15, 0.2) is 0 Å². The van der Waals surface area contributed by atoms with Gasteiger partial charge in [0.25, 0.3) is 0 Å². The summed E-state index contributed by atoms with van der Waals surface area (Å²) >= 11 is 0. The van der Waals surface area contributed by atoms with Crippen molar-refractivity contribution in [2.24, 2.45) is 0 Å². The molecule has 1 unspecified atom stereocenters. The second-order valence-corrected chi connectivity index (χ2v) is 8.69. The lowest BCUT2D eigenvalue weighted by Gasteiger charge is -2.17. The number of carbonyl (C=O) groups is 1. The van der Waals surface area contributed by atoms with Gasteiger partial charge >= 0.3 is 16.1 Å². The van der Waals surface area contributed by atoms with Gasteiger partial charge in [-0.2, -0.15) is 8.42 Å². The molecule has 0 bridgehead atoms. The summed E-state index contributed by atoms with van der Waals surface area (Å²) in [5.41, 5.74) is 2.86. The minimum absolute atomic E-state index is 0.0954. The van der Waals surface area contributed by atoms with Gasteiger partial charge in [0.2, 0.25) is 0 Å². The molecule has 0 fully saturated rings. The number of nitrogens with one attached hydrogen (secondary N) is 1. The second-order valence-electron chi connectivity index (χ2n) is 7.14. The highest BCUT2D eigenvalue weighted by atomic mass is 32.2. The molecule has 0 aliphatic rings. The lowest BCUT2D eigenvalue weighted by molar-refractivity contribution is -0.143. The summed E-state index contributed by atoms with van der Waals surface area (Å²) in [6.45, 7) is 2.41. The van der Waals surface area contributed by atoms with Crippen molar-refractivity contribution in [2.75, 3.05) is 7.11 Å². The van der Waals surface area contributed by atoms with Crippen LogP contribution in [0.2, 0.25) is 0 Å². The number of aryl methyl sites for hydroxylation is 1. The van der Waals surface area contributed by atoms with E-state index in [1.165, 1.54) is 19.2 Å². The van der Waals surface area contributed by atoms with Gasteiger partial charge in [0.05, 0.1) is 7.11 Å². The van der Waals surface area contributed by atoms with Crippen LogP contribution in [0.5, 0.6) is 5.75 Å². The van der Waals surface area contributed by atoms with Crippen LogP contribution >= 0.6 is 0 Å². The number of ether oxygens (including phenoxy) is 1. The van der Waals surface area contributed by atoms with E-state index in [2.05, 4.69) is 5.32 Å². The quantitative estimate of drug-likeness (QED) is 0.405. The fraction of sp³-hybridized carbons (Fsp3) is 0.208. The molecule has 162 valence electrons. The van der Waals surface area contributed by atoms with Gasteiger partial charge in [0, 0.05) is 6.54 Å². The Balaban J connectivity index is 1.65. The Morgan fingerprint density at radius 1 is 0.903 bits per heavy atom. The molecule has 3 aromatic rings. The first-order valence-corrected chi connectivity index (χ1v) is 11.2. The van der Waals surface area contributed by atoms with E-state index in [0.29, 0.717) is 13.0 Å². The van der Waals surface area contributed by atoms with Gasteiger partial charge < -0.3 is 14.2 Å². The second kappa shape index (κ2) is 10.2.